The Hall–Kier alpha value is -4.53. The monoisotopic (exact) mass is 431 g/mol. The molecule has 1 N–H and O–H groups in total. The molecule has 2 aromatic carbocycles. The third-order valence-corrected chi connectivity index (χ3v) is 4.92. The zero-order valence-corrected chi connectivity index (χ0v) is 16.9. The van der Waals surface area contributed by atoms with E-state index in [1.807, 2.05) is 0 Å². The van der Waals surface area contributed by atoms with Gasteiger partial charge in [0.05, 0.1) is 22.4 Å². The number of amides is 4. The van der Waals surface area contributed by atoms with Crippen molar-refractivity contribution in [3.8, 4) is 0 Å². The Morgan fingerprint density at radius 1 is 0.875 bits per heavy atom. The number of aromatic nitrogens is 1. The van der Waals surface area contributed by atoms with Gasteiger partial charge in [-0.1, -0.05) is 12.1 Å². The number of carbonyl (C=O) groups is 5. The summed E-state index contributed by atoms with van der Waals surface area (Å²) in [7, 11) is 1.66. The molecule has 0 atom stereocenters. The molecule has 4 amide bonds. The normalized spacial score (nSPS) is 12.5. The highest BCUT2D eigenvalue weighted by molar-refractivity contribution is 6.34. The molecule has 1 aliphatic heterocycles. The van der Waals surface area contributed by atoms with Gasteiger partial charge in [-0.15, -0.1) is 0 Å². The minimum Gasteiger partial charge on any atom is -0.452 e. The van der Waals surface area contributed by atoms with E-state index in [-0.39, 0.29) is 11.3 Å². The van der Waals surface area contributed by atoms with Crippen molar-refractivity contribution in [2.24, 2.45) is 7.05 Å². The molecule has 0 unspecified atom stereocenters. The van der Waals surface area contributed by atoms with Crippen LogP contribution in [0.5, 0.6) is 0 Å². The highest BCUT2D eigenvalue weighted by Gasteiger charge is 2.36. The van der Waals surface area contributed by atoms with Gasteiger partial charge in [-0.2, -0.15) is 0 Å². The van der Waals surface area contributed by atoms with Crippen LogP contribution in [0.25, 0.3) is 0 Å². The number of nitrogens with zero attached hydrogens (tertiary/aromatic N) is 2. The Labute approximate surface area is 182 Å². The number of fused-ring (bicyclic) bond motifs is 1. The van der Waals surface area contributed by atoms with Gasteiger partial charge in [0.25, 0.3) is 23.6 Å². The maximum Gasteiger partial charge on any atom is 0.338 e. The molecule has 0 radical (unpaired) electrons. The van der Waals surface area contributed by atoms with Gasteiger partial charge in [-0.3, -0.25) is 24.5 Å². The highest BCUT2D eigenvalue weighted by atomic mass is 16.5. The van der Waals surface area contributed by atoms with E-state index in [2.05, 4.69) is 5.32 Å². The number of ether oxygens (including phenoxy) is 1. The second-order valence-corrected chi connectivity index (χ2v) is 7.00. The number of anilines is 1. The zero-order valence-electron chi connectivity index (χ0n) is 16.9. The van der Waals surface area contributed by atoms with Crippen LogP contribution in [0, 0.1) is 0 Å². The fourth-order valence-corrected chi connectivity index (χ4v) is 3.31. The smallest absolute Gasteiger partial charge is 0.338 e. The summed E-state index contributed by atoms with van der Waals surface area (Å²) in [6.07, 6.45) is 1.66. The largest absolute Gasteiger partial charge is 0.452 e. The third-order valence-electron chi connectivity index (χ3n) is 4.92. The lowest BCUT2D eigenvalue weighted by molar-refractivity contribution is -0.123. The molecule has 160 valence electrons. The lowest BCUT2D eigenvalue weighted by Gasteiger charge is -2.14. The molecule has 2 heterocycles. The van der Waals surface area contributed by atoms with E-state index >= 15 is 0 Å². The Morgan fingerprint density at radius 3 is 2.06 bits per heavy atom. The van der Waals surface area contributed by atoms with Crippen molar-refractivity contribution in [2.45, 2.75) is 0 Å². The molecule has 32 heavy (non-hydrogen) atoms. The quantitative estimate of drug-likeness (QED) is 0.488. The van der Waals surface area contributed by atoms with E-state index in [0.29, 0.717) is 16.8 Å². The fourth-order valence-electron chi connectivity index (χ4n) is 3.31. The molecule has 9 heteroatoms. The Bertz CT molecular complexity index is 1220. The highest BCUT2D eigenvalue weighted by Crippen LogP contribution is 2.28. The number of esters is 1. The molecular formula is C23H17N3O6. The molecule has 4 rings (SSSR count). The van der Waals surface area contributed by atoms with Crippen LogP contribution < -0.4 is 10.2 Å². The average Bonchev–Trinajstić information content (AvgIpc) is 3.33. The van der Waals surface area contributed by atoms with Gasteiger partial charge in [0.1, 0.15) is 5.69 Å². The maximum absolute atomic E-state index is 12.5. The zero-order chi connectivity index (χ0) is 22.8. The van der Waals surface area contributed by atoms with Crippen LogP contribution >= 0.6 is 0 Å². The van der Waals surface area contributed by atoms with Gasteiger partial charge in [0.15, 0.2) is 6.61 Å². The number of hydrogen-bond donors (Lipinski definition) is 1. The molecular weight excluding hydrogens is 414 g/mol. The number of hydrogen-bond acceptors (Lipinski definition) is 6. The lowest BCUT2D eigenvalue weighted by atomic mass is 10.1. The third kappa shape index (κ3) is 3.79. The minimum absolute atomic E-state index is 0.118. The van der Waals surface area contributed by atoms with Crippen LogP contribution in [0.4, 0.5) is 5.69 Å². The van der Waals surface area contributed by atoms with E-state index in [0.717, 1.165) is 4.90 Å². The Kier molecular flexibility index (Phi) is 5.38. The van der Waals surface area contributed by atoms with Crippen molar-refractivity contribution in [1.29, 1.82) is 0 Å². The van der Waals surface area contributed by atoms with E-state index in [4.69, 9.17) is 4.74 Å². The van der Waals surface area contributed by atoms with Crippen LogP contribution in [-0.4, -0.2) is 40.8 Å². The van der Waals surface area contributed by atoms with Crippen LogP contribution in [-0.2, 0) is 16.6 Å². The van der Waals surface area contributed by atoms with Crippen molar-refractivity contribution in [2.75, 3.05) is 11.5 Å². The van der Waals surface area contributed by atoms with Crippen LogP contribution in [0.2, 0.25) is 0 Å². The molecule has 0 saturated heterocycles. The molecule has 0 bridgehead atoms. The number of imide groups is 2. The van der Waals surface area contributed by atoms with Gasteiger partial charge < -0.3 is 9.30 Å². The van der Waals surface area contributed by atoms with Gasteiger partial charge in [0, 0.05) is 13.2 Å². The van der Waals surface area contributed by atoms with Crippen molar-refractivity contribution in [3.05, 3.63) is 89.2 Å². The predicted molar refractivity (Wildman–Crippen MR) is 112 cm³/mol. The van der Waals surface area contributed by atoms with Crippen LogP contribution in [0.1, 0.15) is 41.6 Å². The molecule has 3 aromatic rings. The minimum atomic E-state index is -0.791. The van der Waals surface area contributed by atoms with E-state index in [1.54, 1.807) is 54.2 Å². The number of carbonyl (C=O) groups excluding carboxylic acids is 5. The number of nitrogens with one attached hydrogen (secondary N) is 1. The molecule has 0 spiro atoms. The van der Waals surface area contributed by atoms with Gasteiger partial charge in [-0.05, 0) is 48.5 Å². The molecule has 1 aromatic heterocycles. The summed E-state index contributed by atoms with van der Waals surface area (Å²) in [5, 5.41) is 2.14. The van der Waals surface area contributed by atoms with Gasteiger partial charge in [0.2, 0.25) is 0 Å². The first-order valence-corrected chi connectivity index (χ1v) is 9.57. The van der Waals surface area contributed by atoms with Crippen molar-refractivity contribution >= 4 is 35.3 Å². The predicted octanol–water partition coefficient (Wildman–Crippen LogP) is 1.94. The first-order chi connectivity index (χ1) is 15.4. The first-order valence-electron chi connectivity index (χ1n) is 9.57. The maximum atomic E-state index is 12.5. The first kappa shape index (κ1) is 20.7. The Balaban J connectivity index is 1.36. The summed E-state index contributed by atoms with van der Waals surface area (Å²) >= 11 is 0. The van der Waals surface area contributed by atoms with Gasteiger partial charge in [-0.25, -0.2) is 9.69 Å². The summed E-state index contributed by atoms with van der Waals surface area (Å²) in [6, 6.07) is 15.4. The van der Waals surface area contributed by atoms with Crippen molar-refractivity contribution in [1.82, 2.24) is 9.88 Å². The van der Waals surface area contributed by atoms with E-state index in [1.165, 1.54) is 24.3 Å². The topological polar surface area (TPSA) is 115 Å². The van der Waals surface area contributed by atoms with E-state index in [9.17, 15) is 24.0 Å². The molecule has 0 saturated carbocycles. The van der Waals surface area contributed by atoms with Crippen LogP contribution in [0.3, 0.4) is 0 Å². The summed E-state index contributed by atoms with van der Waals surface area (Å²) in [5.41, 5.74) is 1.34. The average molecular weight is 431 g/mol. The SMILES string of the molecule is Cn1cccc1C(=O)NC(=O)COC(=O)c1ccc(N2C(=O)c3ccccc3C2=O)cc1. The molecule has 1 aliphatic rings. The second kappa shape index (κ2) is 8.31. The second-order valence-electron chi connectivity index (χ2n) is 7.00. The fraction of sp³-hybridized carbons (Fsp3) is 0.0870. The summed E-state index contributed by atoms with van der Waals surface area (Å²) in [4.78, 5) is 62.2. The van der Waals surface area contributed by atoms with E-state index < -0.39 is 36.2 Å². The summed E-state index contributed by atoms with van der Waals surface area (Å²) < 4.78 is 6.49. The summed E-state index contributed by atoms with van der Waals surface area (Å²) in [6.45, 7) is -0.644. The Morgan fingerprint density at radius 2 is 1.50 bits per heavy atom. The summed E-state index contributed by atoms with van der Waals surface area (Å²) in [5.74, 6) is -3.06. The number of benzene rings is 2. The molecule has 9 nitrogen and oxygen atoms in total. The van der Waals surface area contributed by atoms with Crippen molar-refractivity contribution < 1.29 is 28.7 Å². The number of rotatable bonds is 5. The van der Waals surface area contributed by atoms with Gasteiger partial charge >= 0.3 is 5.97 Å². The molecule has 0 fully saturated rings. The molecule has 0 aliphatic carbocycles. The number of aryl methyl sites for hydroxylation is 1. The van der Waals surface area contributed by atoms with Crippen molar-refractivity contribution in [3.63, 3.8) is 0 Å². The standard InChI is InChI=1S/C23H17N3O6/c1-25-12-4-7-18(25)20(28)24-19(27)13-32-23(31)14-8-10-15(11-9-14)26-21(29)16-5-2-3-6-17(16)22(26)30/h2-12H,13H2,1H3,(H,24,27,28). The lowest BCUT2D eigenvalue weighted by Crippen LogP contribution is -2.35. The van der Waals surface area contributed by atoms with Crippen LogP contribution in [0.15, 0.2) is 66.9 Å².